The fraction of sp³-hybridized carbons (Fsp3) is 0. The van der Waals surface area contributed by atoms with Crippen molar-refractivity contribution in [2.24, 2.45) is 0 Å². The zero-order valence-corrected chi connectivity index (χ0v) is 11.3. The number of hydrogen-bond donors (Lipinski definition) is 0. The predicted octanol–water partition coefficient (Wildman–Crippen LogP) is 3.14. The fourth-order valence-electron chi connectivity index (χ4n) is 0.999. The average molecular weight is 318 g/mol. The van der Waals surface area contributed by atoms with E-state index in [1.807, 2.05) is 0 Å². The molecule has 9 heteroatoms. The number of rotatable bonds is 2. The van der Waals surface area contributed by atoms with Gasteiger partial charge in [0, 0.05) is 0 Å². The first-order valence-corrected chi connectivity index (χ1v) is 7.21. The van der Waals surface area contributed by atoms with E-state index in [-0.39, 0.29) is 14.5 Å². The molecule has 0 aliphatic rings. The van der Waals surface area contributed by atoms with Crippen molar-refractivity contribution < 1.29 is 8.42 Å². The van der Waals surface area contributed by atoms with Gasteiger partial charge in [0.1, 0.15) is 10.5 Å². The molecule has 0 radical (unpaired) electrons. The van der Waals surface area contributed by atoms with E-state index in [0.717, 1.165) is 21.6 Å². The number of aromatic nitrogens is 2. The summed E-state index contributed by atoms with van der Waals surface area (Å²) in [5.41, 5.74) is 0. The van der Waals surface area contributed by atoms with E-state index in [1.165, 1.54) is 12.1 Å². The van der Waals surface area contributed by atoms with Gasteiger partial charge in [-0.05, 0) is 12.1 Å². The Labute approximate surface area is 110 Å². The topological polar surface area (TPSA) is 52.0 Å². The molecule has 0 amide bonds. The first kappa shape index (κ1) is 12.2. The van der Waals surface area contributed by atoms with Gasteiger partial charge in [-0.1, -0.05) is 34.8 Å². The second-order valence-corrected chi connectivity index (χ2v) is 7.16. The molecule has 2 rings (SSSR count). The molecule has 0 aromatic carbocycles. The van der Waals surface area contributed by atoms with E-state index in [0.29, 0.717) is 4.34 Å². The van der Waals surface area contributed by atoms with Crippen LogP contribution in [0.2, 0.25) is 14.6 Å². The monoisotopic (exact) mass is 316 g/mol. The Bertz CT molecular complexity index is 632. The minimum absolute atomic E-state index is 0.0621. The minimum Gasteiger partial charge on any atom is -0.222 e. The molecule has 4 nitrogen and oxygen atoms in total. The summed E-state index contributed by atoms with van der Waals surface area (Å²) in [7, 11) is -3.76. The van der Waals surface area contributed by atoms with Crippen LogP contribution in [0.4, 0.5) is 0 Å². The second kappa shape index (κ2) is 4.19. The molecule has 0 unspecified atom stereocenters. The normalized spacial score (nSPS) is 11.9. The van der Waals surface area contributed by atoms with Crippen LogP contribution in [0.5, 0.6) is 0 Å². The smallest absolute Gasteiger partial charge is 0.222 e. The Balaban J connectivity index is 2.60. The SMILES string of the molecule is O=S(=O)(c1ccc(Cl)s1)n1cnc(Cl)c1Cl. The molecule has 2 heterocycles. The molecule has 0 aliphatic carbocycles. The summed E-state index contributed by atoms with van der Waals surface area (Å²) in [6.07, 6.45) is 1.05. The van der Waals surface area contributed by atoms with Gasteiger partial charge in [0.05, 0.1) is 4.34 Å². The van der Waals surface area contributed by atoms with Crippen LogP contribution >= 0.6 is 46.1 Å². The van der Waals surface area contributed by atoms with E-state index in [1.54, 1.807) is 0 Å². The molecule has 2 aromatic heterocycles. The van der Waals surface area contributed by atoms with E-state index >= 15 is 0 Å². The van der Waals surface area contributed by atoms with E-state index in [2.05, 4.69) is 4.98 Å². The van der Waals surface area contributed by atoms with Crippen molar-refractivity contribution in [2.45, 2.75) is 4.21 Å². The molecule has 0 spiro atoms. The number of nitrogens with zero attached hydrogens (tertiary/aromatic N) is 2. The second-order valence-electron chi connectivity index (χ2n) is 2.69. The van der Waals surface area contributed by atoms with Gasteiger partial charge in [-0.3, -0.25) is 0 Å². The highest BCUT2D eigenvalue weighted by atomic mass is 35.5. The maximum absolute atomic E-state index is 12.0. The van der Waals surface area contributed by atoms with Gasteiger partial charge in [0.2, 0.25) is 0 Å². The zero-order chi connectivity index (χ0) is 11.9. The Morgan fingerprint density at radius 2 is 1.94 bits per heavy atom. The molecular weight excluding hydrogens is 315 g/mol. The highest BCUT2D eigenvalue weighted by molar-refractivity contribution is 7.92. The molecule has 0 saturated heterocycles. The van der Waals surface area contributed by atoms with Crippen LogP contribution in [-0.4, -0.2) is 17.4 Å². The third-order valence-corrected chi connectivity index (χ3v) is 5.88. The number of thiophene rings is 1. The van der Waals surface area contributed by atoms with E-state index in [9.17, 15) is 8.42 Å². The van der Waals surface area contributed by atoms with Crippen molar-refractivity contribution >= 4 is 56.2 Å². The summed E-state index contributed by atoms with van der Waals surface area (Å²) in [5.74, 6) is 0. The van der Waals surface area contributed by atoms with Crippen LogP contribution in [0.3, 0.4) is 0 Å². The van der Waals surface area contributed by atoms with Gasteiger partial charge in [-0.2, -0.15) is 8.42 Å². The lowest BCUT2D eigenvalue weighted by atomic mass is 10.7. The molecule has 86 valence electrons. The van der Waals surface area contributed by atoms with Crippen LogP contribution in [0.25, 0.3) is 0 Å². The quantitative estimate of drug-likeness (QED) is 0.855. The van der Waals surface area contributed by atoms with Gasteiger partial charge >= 0.3 is 0 Å². The van der Waals surface area contributed by atoms with E-state index in [4.69, 9.17) is 34.8 Å². The van der Waals surface area contributed by atoms with Crippen molar-refractivity contribution in [3.05, 3.63) is 33.1 Å². The van der Waals surface area contributed by atoms with Gasteiger partial charge in [0.25, 0.3) is 10.0 Å². The number of halogens is 3. The maximum Gasteiger partial charge on any atom is 0.279 e. The summed E-state index contributed by atoms with van der Waals surface area (Å²) in [6, 6.07) is 2.89. The average Bonchev–Trinajstić information content (AvgIpc) is 2.76. The summed E-state index contributed by atoms with van der Waals surface area (Å²) in [4.78, 5) is 3.60. The van der Waals surface area contributed by atoms with Gasteiger partial charge in [-0.15, -0.1) is 11.3 Å². The largest absolute Gasteiger partial charge is 0.279 e. The Kier molecular flexibility index (Phi) is 3.20. The van der Waals surface area contributed by atoms with Crippen molar-refractivity contribution in [3.63, 3.8) is 0 Å². The highest BCUT2D eigenvalue weighted by Crippen LogP contribution is 2.30. The molecule has 0 atom stereocenters. The lowest BCUT2D eigenvalue weighted by molar-refractivity contribution is 0.589. The van der Waals surface area contributed by atoms with Crippen molar-refractivity contribution in [3.8, 4) is 0 Å². The van der Waals surface area contributed by atoms with E-state index < -0.39 is 10.0 Å². The minimum atomic E-state index is -3.76. The van der Waals surface area contributed by atoms with Crippen LogP contribution in [0.1, 0.15) is 0 Å². The summed E-state index contributed by atoms with van der Waals surface area (Å²) < 4.78 is 25.3. The maximum atomic E-state index is 12.0. The van der Waals surface area contributed by atoms with Crippen LogP contribution in [0.15, 0.2) is 22.7 Å². The van der Waals surface area contributed by atoms with Crippen LogP contribution in [-0.2, 0) is 10.0 Å². The molecule has 0 aliphatic heterocycles. The Morgan fingerprint density at radius 3 is 2.38 bits per heavy atom. The number of hydrogen-bond acceptors (Lipinski definition) is 4. The van der Waals surface area contributed by atoms with Crippen molar-refractivity contribution in [1.82, 2.24) is 8.96 Å². The zero-order valence-electron chi connectivity index (χ0n) is 7.39. The standard InChI is InChI=1S/C7H3Cl3N2O2S2/c8-4-1-2-5(15-4)16(13,14)12-3-11-6(9)7(12)10/h1-3H. The van der Waals surface area contributed by atoms with Gasteiger partial charge in [0.15, 0.2) is 10.3 Å². The predicted molar refractivity (Wildman–Crippen MR) is 64.2 cm³/mol. The Morgan fingerprint density at radius 1 is 1.25 bits per heavy atom. The third kappa shape index (κ3) is 1.96. The van der Waals surface area contributed by atoms with Gasteiger partial charge < -0.3 is 0 Å². The molecule has 0 N–H and O–H groups in total. The fourth-order valence-corrected chi connectivity index (χ4v) is 4.30. The third-order valence-electron chi connectivity index (χ3n) is 1.70. The first-order valence-electron chi connectivity index (χ1n) is 3.82. The summed E-state index contributed by atoms with van der Waals surface area (Å²) >= 11 is 17.9. The molecule has 2 aromatic rings. The Hall–Kier alpha value is -0.270. The van der Waals surface area contributed by atoms with Gasteiger partial charge in [-0.25, -0.2) is 8.96 Å². The molecule has 0 bridgehead atoms. The highest BCUT2D eigenvalue weighted by Gasteiger charge is 2.23. The molecule has 0 saturated carbocycles. The summed E-state index contributed by atoms with van der Waals surface area (Å²) in [5, 5.41) is -0.209. The van der Waals surface area contributed by atoms with Crippen molar-refractivity contribution in [1.29, 1.82) is 0 Å². The number of imidazole rings is 1. The molecule has 0 fully saturated rings. The lowest BCUT2D eigenvalue weighted by Gasteiger charge is -2.02. The first-order chi connectivity index (χ1) is 7.43. The lowest BCUT2D eigenvalue weighted by Crippen LogP contribution is -2.10. The molecular formula is C7H3Cl3N2O2S2. The summed E-state index contributed by atoms with van der Waals surface area (Å²) in [6.45, 7) is 0. The van der Waals surface area contributed by atoms with Crippen LogP contribution in [0, 0.1) is 0 Å². The van der Waals surface area contributed by atoms with Crippen LogP contribution < -0.4 is 0 Å². The molecule has 16 heavy (non-hydrogen) atoms. The van der Waals surface area contributed by atoms with Crippen molar-refractivity contribution in [2.75, 3.05) is 0 Å².